The van der Waals surface area contributed by atoms with Crippen LogP contribution in [0.1, 0.15) is 52.4 Å². The van der Waals surface area contributed by atoms with Gasteiger partial charge < -0.3 is 10.1 Å². The number of ether oxygens (including phenoxy) is 1. The average molecular weight is 376 g/mol. The monoisotopic (exact) mass is 375 g/mol. The summed E-state index contributed by atoms with van der Waals surface area (Å²) in [7, 11) is 0. The molecule has 1 N–H and O–H groups in total. The molecule has 3 rings (SSSR count). The Morgan fingerprint density at radius 2 is 2.08 bits per heavy atom. The number of rotatable bonds is 5. The minimum atomic E-state index is -0.341. The summed E-state index contributed by atoms with van der Waals surface area (Å²) in [4.78, 5) is 27.0. The minimum Gasteiger partial charge on any atom is -0.459 e. The van der Waals surface area contributed by atoms with Crippen LogP contribution in [0.5, 0.6) is 0 Å². The molecule has 0 fully saturated rings. The van der Waals surface area contributed by atoms with Crippen molar-refractivity contribution in [2.75, 3.05) is 5.32 Å². The number of carbonyl (C=O) groups is 2. The maximum absolute atomic E-state index is 12.6. The van der Waals surface area contributed by atoms with Crippen LogP contribution < -0.4 is 5.32 Å². The number of hydrogen-bond donors (Lipinski definition) is 1. The fourth-order valence-electron chi connectivity index (χ4n) is 2.84. The zero-order chi connectivity index (χ0) is 17.8. The van der Waals surface area contributed by atoms with E-state index >= 15 is 0 Å². The lowest BCUT2D eigenvalue weighted by Crippen LogP contribution is -2.17. The SMILES string of the molecule is CC(C)OC(=O)c1c(NC(=O)C=Cc2cccs2)sc2c1CCCC2. The number of carbonyl (C=O) groups excluding carboxylic acids is 2. The van der Waals surface area contributed by atoms with Crippen LogP contribution in [0, 0.1) is 0 Å². The Balaban J connectivity index is 1.83. The molecule has 0 aromatic carbocycles. The zero-order valence-corrected chi connectivity index (χ0v) is 16.0. The van der Waals surface area contributed by atoms with Gasteiger partial charge in [0, 0.05) is 15.8 Å². The maximum Gasteiger partial charge on any atom is 0.341 e. The Hall–Kier alpha value is -1.92. The summed E-state index contributed by atoms with van der Waals surface area (Å²) in [5.41, 5.74) is 1.60. The largest absolute Gasteiger partial charge is 0.459 e. The molecule has 132 valence electrons. The van der Waals surface area contributed by atoms with E-state index in [2.05, 4.69) is 5.32 Å². The molecule has 0 radical (unpaired) electrons. The highest BCUT2D eigenvalue weighted by molar-refractivity contribution is 7.17. The van der Waals surface area contributed by atoms with E-state index in [1.807, 2.05) is 31.4 Å². The van der Waals surface area contributed by atoms with Gasteiger partial charge in [-0.15, -0.1) is 22.7 Å². The topological polar surface area (TPSA) is 55.4 Å². The van der Waals surface area contributed by atoms with Crippen molar-refractivity contribution < 1.29 is 14.3 Å². The van der Waals surface area contributed by atoms with Gasteiger partial charge in [-0.3, -0.25) is 4.79 Å². The average Bonchev–Trinajstić information content (AvgIpc) is 3.19. The van der Waals surface area contributed by atoms with E-state index in [9.17, 15) is 9.59 Å². The molecule has 1 aliphatic rings. The van der Waals surface area contributed by atoms with Crippen molar-refractivity contribution in [1.82, 2.24) is 0 Å². The molecule has 0 bridgehead atoms. The second-order valence-corrected chi connectivity index (χ2v) is 8.29. The molecule has 25 heavy (non-hydrogen) atoms. The van der Waals surface area contributed by atoms with Crippen LogP contribution in [-0.2, 0) is 22.4 Å². The molecule has 1 aliphatic carbocycles. The third-order valence-corrected chi connectivity index (χ3v) is 5.94. The molecule has 0 spiro atoms. The van der Waals surface area contributed by atoms with Crippen molar-refractivity contribution in [1.29, 1.82) is 0 Å². The highest BCUT2D eigenvalue weighted by Gasteiger charge is 2.27. The summed E-state index contributed by atoms with van der Waals surface area (Å²) in [5, 5.41) is 5.45. The van der Waals surface area contributed by atoms with E-state index in [1.165, 1.54) is 22.3 Å². The predicted octanol–water partition coefficient (Wildman–Crippen LogP) is 4.91. The second kappa shape index (κ2) is 7.97. The Morgan fingerprint density at radius 3 is 2.80 bits per heavy atom. The van der Waals surface area contributed by atoms with Crippen LogP contribution in [0.2, 0.25) is 0 Å². The van der Waals surface area contributed by atoms with Crippen molar-refractivity contribution in [3.05, 3.63) is 44.5 Å². The van der Waals surface area contributed by atoms with Gasteiger partial charge >= 0.3 is 5.97 Å². The zero-order valence-electron chi connectivity index (χ0n) is 14.3. The lowest BCUT2D eigenvalue weighted by Gasteiger charge is -2.14. The van der Waals surface area contributed by atoms with Crippen LogP contribution in [-0.4, -0.2) is 18.0 Å². The molecular weight excluding hydrogens is 354 g/mol. The van der Waals surface area contributed by atoms with Gasteiger partial charge in [0.1, 0.15) is 5.00 Å². The molecule has 0 saturated carbocycles. The normalized spacial score (nSPS) is 13.9. The summed E-state index contributed by atoms with van der Waals surface area (Å²) in [6.07, 6.45) is 7.11. The van der Waals surface area contributed by atoms with Crippen LogP contribution in [0.4, 0.5) is 5.00 Å². The van der Waals surface area contributed by atoms with Crippen molar-refractivity contribution in [2.45, 2.75) is 45.6 Å². The van der Waals surface area contributed by atoms with E-state index in [1.54, 1.807) is 17.4 Å². The predicted molar refractivity (Wildman–Crippen MR) is 103 cm³/mol. The van der Waals surface area contributed by atoms with Crippen molar-refractivity contribution >= 4 is 45.6 Å². The summed E-state index contributed by atoms with van der Waals surface area (Å²) in [6, 6.07) is 3.89. The van der Waals surface area contributed by atoms with Gasteiger partial charge in [-0.25, -0.2) is 4.79 Å². The number of nitrogens with one attached hydrogen (secondary N) is 1. The van der Waals surface area contributed by atoms with E-state index < -0.39 is 0 Å². The number of aryl methyl sites for hydroxylation is 1. The molecule has 0 aliphatic heterocycles. The Labute approximate surface area is 155 Å². The summed E-state index contributed by atoms with van der Waals surface area (Å²) in [5.74, 6) is -0.572. The quantitative estimate of drug-likeness (QED) is 0.597. The van der Waals surface area contributed by atoms with Crippen LogP contribution in [0.15, 0.2) is 23.6 Å². The van der Waals surface area contributed by atoms with Crippen molar-refractivity contribution in [3.63, 3.8) is 0 Å². The molecule has 6 heteroatoms. The standard InChI is InChI=1S/C19H21NO3S2/c1-12(2)23-19(22)17-14-7-3-4-8-15(14)25-18(17)20-16(21)10-9-13-6-5-11-24-13/h5-6,9-12H,3-4,7-8H2,1-2H3,(H,20,21). The van der Waals surface area contributed by atoms with Gasteiger partial charge in [-0.2, -0.15) is 0 Å². The number of thiophene rings is 2. The Kier molecular flexibility index (Phi) is 5.71. The summed E-state index contributed by atoms with van der Waals surface area (Å²) >= 11 is 3.07. The first-order chi connectivity index (χ1) is 12.0. The van der Waals surface area contributed by atoms with Gasteiger partial charge in [-0.05, 0) is 62.6 Å². The van der Waals surface area contributed by atoms with Crippen molar-refractivity contribution in [3.8, 4) is 0 Å². The first kappa shape index (κ1) is 17.9. The highest BCUT2D eigenvalue weighted by Crippen LogP contribution is 2.38. The van der Waals surface area contributed by atoms with E-state index in [0.29, 0.717) is 10.6 Å². The fourth-order valence-corrected chi connectivity index (χ4v) is 4.74. The Morgan fingerprint density at radius 1 is 1.28 bits per heavy atom. The summed E-state index contributed by atoms with van der Waals surface area (Å²) in [6.45, 7) is 3.66. The first-order valence-corrected chi connectivity index (χ1v) is 10.1. The maximum atomic E-state index is 12.6. The number of anilines is 1. The number of hydrogen-bond acceptors (Lipinski definition) is 5. The van der Waals surface area contributed by atoms with E-state index in [4.69, 9.17) is 4.74 Å². The molecule has 4 nitrogen and oxygen atoms in total. The number of fused-ring (bicyclic) bond motifs is 1. The minimum absolute atomic E-state index is 0.186. The van der Waals surface area contributed by atoms with Gasteiger partial charge in [0.25, 0.3) is 0 Å². The van der Waals surface area contributed by atoms with Crippen molar-refractivity contribution in [2.24, 2.45) is 0 Å². The third-order valence-electron chi connectivity index (χ3n) is 3.90. The van der Waals surface area contributed by atoms with Crippen LogP contribution >= 0.6 is 22.7 Å². The molecular formula is C19H21NO3S2. The molecule has 2 aromatic heterocycles. The van der Waals surface area contributed by atoms with Gasteiger partial charge in [0.05, 0.1) is 11.7 Å². The molecule has 2 aromatic rings. The van der Waals surface area contributed by atoms with Crippen LogP contribution in [0.25, 0.3) is 6.08 Å². The molecule has 0 atom stereocenters. The molecule has 1 amide bonds. The summed E-state index contributed by atoms with van der Waals surface area (Å²) < 4.78 is 5.40. The van der Waals surface area contributed by atoms with E-state index in [0.717, 1.165) is 36.1 Å². The lowest BCUT2D eigenvalue weighted by molar-refractivity contribution is -0.111. The van der Waals surface area contributed by atoms with E-state index in [-0.39, 0.29) is 18.0 Å². The molecule has 2 heterocycles. The number of esters is 1. The third kappa shape index (κ3) is 4.38. The highest BCUT2D eigenvalue weighted by atomic mass is 32.1. The fraction of sp³-hybridized carbons (Fsp3) is 0.368. The Bertz CT molecular complexity index is 788. The lowest BCUT2D eigenvalue weighted by atomic mass is 9.95. The smallest absolute Gasteiger partial charge is 0.341 e. The van der Waals surface area contributed by atoms with Crippen LogP contribution in [0.3, 0.4) is 0 Å². The molecule has 0 saturated heterocycles. The second-order valence-electron chi connectivity index (χ2n) is 6.21. The first-order valence-electron chi connectivity index (χ1n) is 8.42. The molecule has 0 unspecified atom stereocenters. The number of amides is 1. The van der Waals surface area contributed by atoms with Gasteiger partial charge in [0.15, 0.2) is 0 Å². The van der Waals surface area contributed by atoms with Gasteiger partial charge in [0.2, 0.25) is 5.91 Å². The van der Waals surface area contributed by atoms with Gasteiger partial charge in [-0.1, -0.05) is 6.07 Å².